The van der Waals surface area contributed by atoms with Crippen LogP contribution in [0.5, 0.6) is 5.75 Å². The largest absolute Gasteiger partial charge is 1.00 e. The van der Waals surface area contributed by atoms with Crippen molar-refractivity contribution in [3.8, 4) is 5.75 Å². The third kappa shape index (κ3) is 3.83. The number of piperazine rings is 1. The Kier molecular flexibility index (Phi) is 5.77. The van der Waals surface area contributed by atoms with E-state index in [0.29, 0.717) is 0 Å². The van der Waals surface area contributed by atoms with Crippen LogP contribution >= 0.6 is 0 Å². The molecule has 2 aliphatic rings. The molecule has 3 rings (SSSR count). The van der Waals surface area contributed by atoms with Crippen LogP contribution in [-0.2, 0) is 0 Å². The topological polar surface area (TPSA) is 12.5 Å². The molecule has 2 heterocycles. The number of methoxy groups -OCH3 is 1. The zero-order valence-corrected chi connectivity index (χ0v) is 13.8. The number of hydrogen-bond acceptors (Lipinski definition) is 2. The summed E-state index contributed by atoms with van der Waals surface area (Å²) in [6, 6.07) is 8.52. The minimum atomic E-state index is 0. The minimum absolute atomic E-state index is 0. The molecule has 0 N–H and O–H groups in total. The van der Waals surface area contributed by atoms with Gasteiger partial charge in [-0.15, -0.1) is 0 Å². The lowest BCUT2D eigenvalue weighted by Gasteiger charge is -2.45. The number of benzene rings is 1. The van der Waals surface area contributed by atoms with Crippen LogP contribution < -0.4 is 22.0 Å². The zero-order chi connectivity index (χ0) is 13.8. The van der Waals surface area contributed by atoms with E-state index in [0.717, 1.165) is 5.75 Å². The second kappa shape index (κ2) is 7.37. The lowest BCUT2D eigenvalue weighted by molar-refractivity contribution is -0.927. The highest BCUT2D eigenvalue weighted by Gasteiger charge is 2.33. The molecule has 0 unspecified atom stereocenters. The molecule has 0 aliphatic carbocycles. The van der Waals surface area contributed by atoms with Crippen LogP contribution in [0.25, 0.3) is 0 Å². The normalized spacial score (nSPS) is 21.5. The molecule has 0 bridgehead atoms. The van der Waals surface area contributed by atoms with Crippen LogP contribution in [0.2, 0.25) is 0 Å². The van der Waals surface area contributed by atoms with E-state index in [4.69, 9.17) is 4.74 Å². The van der Waals surface area contributed by atoms with Gasteiger partial charge in [0.05, 0.1) is 46.4 Å². The summed E-state index contributed by atoms with van der Waals surface area (Å²) in [5, 5.41) is 0. The standard InChI is InChI=1S/C17H27N2O.ClH/c1-20-17-8-6-16(7-9-17)18-10-14-19(15-11-18)12-4-2-3-5-13-19;/h6-9H,2-5,10-15H2,1H3;1H/q+1;/p-1. The van der Waals surface area contributed by atoms with Crippen LogP contribution in [0, 0.1) is 0 Å². The van der Waals surface area contributed by atoms with Crippen LogP contribution in [0.1, 0.15) is 25.7 Å². The molecule has 21 heavy (non-hydrogen) atoms. The highest BCUT2D eigenvalue weighted by molar-refractivity contribution is 5.49. The smallest absolute Gasteiger partial charge is 0.119 e. The van der Waals surface area contributed by atoms with Crippen molar-refractivity contribution in [2.45, 2.75) is 25.7 Å². The van der Waals surface area contributed by atoms with Crippen LogP contribution in [0.3, 0.4) is 0 Å². The van der Waals surface area contributed by atoms with Crippen molar-refractivity contribution in [1.29, 1.82) is 0 Å². The van der Waals surface area contributed by atoms with Gasteiger partial charge < -0.3 is 26.5 Å². The summed E-state index contributed by atoms with van der Waals surface area (Å²) in [6.07, 6.45) is 5.76. The van der Waals surface area contributed by atoms with Crippen molar-refractivity contribution in [2.75, 3.05) is 51.3 Å². The summed E-state index contributed by atoms with van der Waals surface area (Å²) in [6.45, 7) is 7.88. The molecule has 3 nitrogen and oxygen atoms in total. The predicted molar refractivity (Wildman–Crippen MR) is 83.4 cm³/mol. The van der Waals surface area contributed by atoms with Gasteiger partial charge in [0.25, 0.3) is 0 Å². The quantitative estimate of drug-likeness (QED) is 0.708. The molecule has 4 heteroatoms. The van der Waals surface area contributed by atoms with Crippen molar-refractivity contribution in [3.05, 3.63) is 24.3 Å². The Labute approximate surface area is 134 Å². The van der Waals surface area contributed by atoms with Crippen molar-refractivity contribution in [2.24, 2.45) is 0 Å². The Balaban J connectivity index is 0.00000161. The lowest BCUT2D eigenvalue weighted by atomic mass is 10.2. The maximum atomic E-state index is 5.24. The number of hydrogen-bond donors (Lipinski definition) is 0. The first-order valence-corrected chi connectivity index (χ1v) is 8.05. The number of halogens is 1. The molecule has 0 radical (unpaired) electrons. The number of ether oxygens (including phenoxy) is 1. The summed E-state index contributed by atoms with van der Waals surface area (Å²) in [5.74, 6) is 0.946. The summed E-state index contributed by atoms with van der Waals surface area (Å²) >= 11 is 0. The highest BCUT2D eigenvalue weighted by Crippen LogP contribution is 2.25. The molecule has 2 aliphatic heterocycles. The second-order valence-electron chi connectivity index (χ2n) is 6.34. The molecular formula is C17H27ClN2O. The first-order valence-electron chi connectivity index (χ1n) is 8.05. The highest BCUT2D eigenvalue weighted by atomic mass is 35.5. The molecule has 1 spiro atoms. The van der Waals surface area contributed by atoms with Crippen LogP contribution in [0.15, 0.2) is 24.3 Å². The first kappa shape index (κ1) is 16.4. The van der Waals surface area contributed by atoms with Crippen LogP contribution in [0.4, 0.5) is 5.69 Å². The Morgan fingerprint density at radius 2 is 1.43 bits per heavy atom. The minimum Gasteiger partial charge on any atom is -1.00 e. The number of nitrogens with zero attached hydrogens (tertiary/aromatic N) is 2. The molecule has 0 saturated carbocycles. The predicted octanol–water partition coefficient (Wildman–Crippen LogP) is -0.0900. The average molecular weight is 311 g/mol. The number of quaternary nitrogens is 1. The van der Waals surface area contributed by atoms with E-state index in [9.17, 15) is 0 Å². The van der Waals surface area contributed by atoms with Crippen molar-refractivity contribution in [3.63, 3.8) is 0 Å². The fourth-order valence-electron chi connectivity index (χ4n) is 3.75. The summed E-state index contributed by atoms with van der Waals surface area (Å²) in [4.78, 5) is 2.54. The van der Waals surface area contributed by atoms with Gasteiger partial charge in [-0.2, -0.15) is 0 Å². The molecule has 1 aromatic rings. The van der Waals surface area contributed by atoms with E-state index in [1.165, 1.54) is 75.1 Å². The van der Waals surface area contributed by atoms with Gasteiger partial charge >= 0.3 is 0 Å². The van der Waals surface area contributed by atoms with E-state index in [1.807, 2.05) is 0 Å². The fourth-order valence-corrected chi connectivity index (χ4v) is 3.75. The van der Waals surface area contributed by atoms with Gasteiger partial charge in [-0.3, -0.25) is 0 Å². The van der Waals surface area contributed by atoms with Crippen molar-refractivity contribution < 1.29 is 21.6 Å². The molecule has 0 atom stereocenters. The third-order valence-corrected chi connectivity index (χ3v) is 5.14. The Hall–Kier alpha value is -0.930. The SMILES string of the molecule is COc1ccc(N2CC[N+]3(CCCCCC3)CC2)cc1.[Cl-]. The summed E-state index contributed by atoms with van der Waals surface area (Å²) in [7, 11) is 1.73. The van der Waals surface area contributed by atoms with E-state index < -0.39 is 0 Å². The van der Waals surface area contributed by atoms with Crippen molar-refractivity contribution >= 4 is 5.69 Å². The maximum Gasteiger partial charge on any atom is 0.119 e. The summed E-state index contributed by atoms with van der Waals surface area (Å²) < 4.78 is 6.62. The van der Waals surface area contributed by atoms with Gasteiger partial charge in [0.15, 0.2) is 0 Å². The van der Waals surface area contributed by atoms with Gasteiger partial charge in [0.1, 0.15) is 5.75 Å². The molecule has 2 saturated heterocycles. The third-order valence-electron chi connectivity index (χ3n) is 5.14. The Bertz CT molecular complexity index is 417. The molecule has 1 aromatic carbocycles. The second-order valence-corrected chi connectivity index (χ2v) is 6.34. The van der Waals surface area contributed by atoms with E-state index in [1.54, 1.807) is 7.11 Å². The maximum absolute atomic E-state index is 5.24. The Morgan fingerprint density at radius 3 is 1.95 bits per heavy atom. The molecule has 2 fully saturated rings. The van der Waals surface area contributed by atoms with E-state index in [-0.39, 0.29) is 12.4 Å². The zero-order valence-electron chi connectivity index (χ0n) is 13.1. The van der Waals surface area contributed by atoms with Crippen LogP contribution in [-0.4, -0.2) is 50.9 Å². The summed E-state index contributed by atoms with van der Waals surface area (Å²) in [5.41, 5.74) is 1.35. The van der Waals surface area contributed by atoms with Gasteiger partial charge in [-0.1, -0.05) is 0 Å². The average Bonchev–Trinajstić information content (AvgIpc) is 2.74. The van der Waals surface area contributed by atoms with E-state index in [2.05, 4.69) is 29.2 Å². The lowest BCUT2D eigenvalue weighted by Crippen LogP contribution is -3.00. The molecule has 0 amide bonds. The van der Waals surface area contributed by atoms with Crippen molar-refractivity contribution in [1.82, 2.24) is 0 Å². The molecule has 0 aromatic heterocycles. The fraction of sp³-hybridized carbons (Fsp3) is 0.647. The van der Waals surface area contributed by atoms with E-state index >= 15 is 0 Å². The number of anilines is 1. The molecular weight excluding hydrogens is 284 g/mol. The van der Waals surface area contributed by atoms with Gasteiger partial charge in [0, 0.05) is 5.69 Å². The number of rotatable bonds is 2. The molecule has 118 valence electrons. The van der Waals surface area contributed by atoms with Gasteiger partial charge in [0.2, 0.25) is 0 Å². The Morgan fingerprint density at radius 1 is 0.857 bits per heavy atom. The first-order chi connectivity index (χ1) is 9.81. The van der Waals surface area contributed by atoms with Gasteiger partial charge in [-0.25, -0.2) is 0 Å². The van der Waals surface area contributed by atoms with Gasteiger partial charge in [-0.05, 0) is 49.9 Å². The monoisotopic (exact) mass is 310 g/mol.